The second-order valence-corrected chi connectivity index (χ2v) is 8.70. The quantitative estimate of drug-likeness (QED) is 0.197. The Morgan fingerprint density at radius 2 is 1.77 bits per heavy atom. The van der Waals surface area contributed by atoms with Crippen molar-refractivity contribution in [2.75, 3.05) is 0 Å². The number of halogens is 1. The van der Waals surface area contributed by atoms with E-state index in [-0.39, 0.29) is 22.2 Å². The second kappa shape index (κ2) is 10.9. The summed E-state index contributed by atoms with van der Waals surface area (Å²) in [6.45, 7) is 0.202. The van der Waals surface area contributed by atoms with E-state index in [1.165, 1.54) is 12.1 Å². The van der Waals surface area contributed by atoms with Crippen LogP contribution in [-0.4, -0.2) is 37.3 Å². The molecule has 0 saturated heterocycles. The molecular weight excluding hydrogens is 490 g/mol. The zero-order valence-corrected chi connectivity index (χ0v) is 19.6. The predicted octanol–water partition coefficient (Wildman–Crippen LogP) is 5.62. The number of carboxylic acid groups (broad SMARTS) is 2. The molecule has 0 aliphatic rings. The summed E-state index contributed by atoms with van der Waals surface area (Å²) in [5.41, 5.74) is 2.35. The van der Waals surface area contributed by atoms with Crippen molar-refractivity contribution >= 4 is 41.4 Å². The highest BCUT2D eigenvalue weighted by atomic mass is 35.5. The molecule has 4 aromatic rings. The van der Waals surface area contributed by atoms with Crippen LogP contribution in [0.5, 0.6) is 5.75 Å². The van der Waals surface area contributed by atoms with Gasteiger partial charge in [-0.15, -0.1) is 5.10 Å². The van der Waals surface area contributed by atoms with Crippen molar-refractivity contribution in [2.45, 2.75) is 11.8 Å². The fourth-order valence-electron chi connectivity index (χ4n) is 3.03. The summed E-state index contributed by atoms with van der Waals surface area (Å²) in [6.07, 6.45) is 1.52. The molecule has 176 valence electrons. The lowest BCUT2D eigenvalue weighted by atomic mass is 10.1. The number of carbonyl (C=O) groups is 2. The van der Waals surface area contributed by atoms with Crippen molar-refractivity contribution in [3.63, 3.8) is 0 Å². The first-order chi connectivity index (χ1) is 16.9. The normalized spacial score (nSPS) is 11.3. The zero-order valence-electron chi connectivity index (χ0n) is 18.0. The van der Waals surface area contributed by atoms with Crippen LogP contribution in [0.25, 0.3) is 17.5 Å². The van der Waals surface area contributed by atoms with Gasteiger partial charge in [0.25, 0.3) is 0 Å². The number of aliphatic carboxylic acids is 1. The van der Waals surface area contributed by atoms with Gasteiger partial charge >= 0.3 is 11.9 Å². The summed E-state index contributed by atoms with van der Waals surface area (Å²) in [7, 11) is 0. The number of benzene rings is 3. The Labute approximate surface area is 209 Å². The summed E-state index contributed by atoms with van der Waals surface area (Å²) in [6, 6.07) is 20.4. The van der Waals surface area contributed by atoms with Crippen molar-refractivity contribution in [1.29, 1.82) is 0 Å². The number of nitrogens with zero attached hydrogens (tertiary/aromatic N) is 2. The number of aromatic carboxylic acids is 1. The maximum Gasteiger partial charge on any atom is 0.342 e. The Hall–Kier alpha value is -4.08. The topological polar surface area (TPSA) is 125 Å². The smallest absolute Gasteiger partial charge is 0.342 e. The molecule has 0 spiro atoms. The van der Waals surface area contributed by atoms with Gasteiger partial charge in [0.1, 0.15) is 17.3 Å². The summed E-state index contributed by atoms with van der Waals surface area (Å²) in [4.78, 5) is 27.3. The number of carboxylic acids is 2. The van der Waals surface area contributed by atoms with Gasteiger partial charge in [0.2, 0.25) is 5.16 Å². The number of rotatable bonds is 9. The van der Waals surface area contributed by atoms with Gasteiger partial charge in [0.15, 0.2) is 5.82 Å². The van der Waals surface area contributed by atoms with Crippen LogP contribution in [0.3, 0.4) is 0 Å². The van der Waals surface area contributed by atoms with Gasteiger partial charge in [-0.25, -0.2) is 14.6 Å². The molecule has 1 aromatic heterocycles. The van der Waals surface area contributed by atoms with E-state index in [1.807, 2.05) is 0 Å². The lowest BCUT2D eigenvalue weighted by molar-refractivity contribution is -0.131. The average Bonchev–Trinajstić information content (AvgIpc) is 3.32. The van der Waals surface area contributed by atoms with Crippen molar-refractivity contribution < 1.29 is 24.5 Å². The highest BCUT2D eigenvalue weighted by Crippen LogP contribution is 2.28. The number of H-pyrrole nitrogens is 1. The average molecular weight is 508 g/mol. The SMILES string of the molecule is O=C(O)/C(=C/c1ccc(OCc2cccc(C(=O)O)c2)cc1)Sc1n[nH]c(-c2ccc(Cl)cc2)n1. The molecule has 0 atom stereocenters. The highest BCUT2D eigenvalue weighted by molar-refractivity contribution is 8.04. The number of hydrogen-bond acceptors (Lipinski definition) is 6. The Kier molecular flexibility index (Phi) is 7.49. The molecule has 10 heteroatoms. The van der Waals surface area contributed by atoms with E-state index in [9.17, 15) is 14.7 Å². The summed E-state index contributed by atoms with van der Waals surface area (Å²) in [5.74, 6) is -1.04. The summed E-state index contributed by atoms with van der Waals surface area (Å²) < 4.78 is 5.71. The van der Waals surface area contributed by atoms with Gasteiger partial charge < -0.3 is 14.9 Å². The summed E-state index contributed by atoms with van der Waals surface area (Å²) in [5, 5.41) is 26.5. The minimum Gasteiger partial charge on any atom is -0.489 e. The molecule has 0 bridgehead atoms. The first kappa shape index (κ1) is 24.1. The third-order valence-corrected chi connectivity index (χ3v) is 5.88. The van der Waals surface area contributed by atoms with Crippen LogP contribution in [0, 0.1) is 0 Å². The molecule has 3 N–H and O–H groups in total. The molecule has 3 aromatic carbocycles. The minimum atomic E-state index is -1.11. The second-order valence-electron chi connectivity index (χ2n) is 7.25. The molecule has 4 rings (SSSR count). The molecule has 1 heterocycles. The van der Waals surface area contributed by atoms with Gasteiger partial charge in [-0.05, 0) is 77.5 Å². The molecule has 35 heavy (non-hydrogen) atoms. The van der Waals surface area contributed by atoms with Gasteiger partial charge in [0.05, 0.1) is 5.56 Å². The number of hydrogen-bond donors (Lipinski definition) is 3. The molecule has 0 unspecified atom stereocenters. The number of ether oxygens (including phenoxy) is 1. The van der Waals surface area contributed by atoms with E-state index in [4.69, 9.17) is 21.4 Å². The van der Waals surface area contributed by atoms with Crippen LogP contribution in [-0.2, 0) is 11.4 Å². The van der Waals surface area contributed by atoms with Gasteiger partial charge in [-0.3, -0.25) is 5.10 Å². The molecule has 0 fully saturated rings. The van der Waals surface area contributed by atoms with Gasteiger partial charge in [-0.1, -0.05) is 35.9 Å². The van der Waals surface area contributed by atoms with E-state index < -0.39 is 11.9 Å². The van der Waals surface area contributed by atoms with Crippen LogP contribution >= 0.6 is 23.4 Å². The lowest BCUT2D eigenvalue weighted by Gasteiger charge is -2.07. The predicted molar refractivity (Wildman–Crippen MR) is 132 cm³/mol. The van der Waals surface area contributed by atoms with Crippen molar-refractivity contribution in [1.82, 2.24) is 15.2 Å². The summed E-state index contributed by atoms with van der Waals surface area (Å²) >= 11 is 6.83. The number of aromatic nitrogens is 3. The number of aromatic amines is 1. The standard InChI is InChI=1S/C25H18ClN3O5S/c26-19-8-6-17(7-9-19)22-27-25(29-28-22)35-21(24(32)33)13-15-4-10-20(11-5-15)34-14-16-2-1-3-18(12-16)23(30)31/h1-13H,14H2,(H,30,31)(H,32,33)(H,27,28,29)/b21-13-. The van der Waals surface area contributed by atoms with E-state index in [0.29, 0.717) is 22.2 Å². The van der Waals surface area contributed by atoms with E-state index in [1.54, 1.807) is 66.7 Å². The Morgan fingerprint density at radius 1 is 1.03 bits per heavy atom. The molecule has 8 nitrogen and oxygen atoms in total. The first-order valence-electron chi connectivity index (χ1n) is 10.2. The maximum atomic E-state index is 11.8. The van der Waals surface area contributed by atoms with Gasteiger partial charge in [-0.2, -0.15) is 0 Å². The van der Waals surface area contributed by atoms with Gasteiger partial charge in [0, 0.05) is 10.6 Å². The third kappa shape index (κ3) is 6.50. The molecular formula is C25H18ClN3O5S. The molecule has 0 aliphatic carbocycles. The Balaban J connectivity index is 1.42. The highest BCUT2D eigenvalue weighted by Gasteiger charge is 2.14. The fourth-order valence-corrected chi connectivity index (χ4v) is 3.87. The van der Waals surface area contributed by atoms with Crippen molar-refractivity contribution in [2.24, 2.45) is 0 Å². The van der Waals surface area contributed by atoms with E-state index in [0.717, 1.165) is 22.9 Å². The molecule has 0 amide bonds. The maximum absolute atomic E-state index is 11.8. The Morgan fingerprint density at radius 3 is 2.46 bits per heavy atom. The van der Waals surface area contributed by atoms with Crippen LogP contribution in [0.15, 0.2) is 82.9 Å². The fraction of sp³-hybridized carbons (Fsp3) is 0.0400. The van der Waals surface area contributed by atoms with Crippen molar-refractivity contribution in [3.8, 4) is 17.1 Å². The van der Waals surface area contributed by atoms with Crippen LogP contribution in [0.4, 0.5) is 0 Å². The molecule has 0 saturated carbocycles. The van der Waals surface area contributed by atoms with Crippen LogP contribution in [0.1, 0.15) is 21.5 Å². The van der Waals surface area contributed by atoms with Crippen molar-refractivity contribution in [3.05, 3.63) is 99.4 Å². The Bertz CT molecular complexity index is 1380. The van der Waals surface area contributed by atoms with E-state index in [2.05, 4.69) is 15.2 Å². The zero-order chi connectivity index (χ0) is 24.8. The first-order valence-corrected chi connectivity index (χ1v) is 11.4. The molecule has 0 aliphatic heterocycles. The third-order valence-electron chi connectivity index (χ3n) is 4.75. The minimum absolute atomic E-state index is 0.0470. The van der Waals surface area contributed by atoms with Crippen LogP contribution in [0.2, 0.25) is 5.02 Å². The van der Waals surface area contributed by atoms with Crippen LogP contribution < -0.4 is 4.74 Å². The van der Waals surface area contributed by atoms with E-state index >= 15 is 0 Å². The molecule has 0 radical (unpaired) electrons. The lowest BCUT2D eigenvalue weighted by Crippen LogP contribution is -2.00. The number of thioether (sulfide) groups is 1. The number of nitrogens with one attached hydrogen (secondary N) is 1. The largest absolute Gasteiger partial charge is 0.489 e. The monoisotopic (exact) mass is 507 g/mol.